The summed E-state index contributed by atoms with van der Waals surface area (Å²) in [5, 5.41) is 6.65. The van der Waals surface area contributed by atoms with Gasteiger partial charge in [-0.05, 0) is 38.0 Å². The lowest BCUT2D eigenvalue weighted by Gasteiger charge is -2.38. The number of rotatable bonds is 6. The molecule has 1 fully saturated rings. The maximum atomic E-state index is 13.2. The zero-order valence-corrected chi connectivity index (χ0v) is 17.6. The van der Waals surface area contributed by atoms with Crippen molar-refractivity contribution in [3.8, 4) is 0 Å². The summed E-state index contributed by atoms with van der Waals surface area (Å²) in [6.45, 7) is 8.52. The molecule has 0 bridgehead atoms. The van der Waals surface area contributed by atoms with Crippen LogP contribution < -0.4 is 10.6 Å². The number of halogens is 2. The number of nitrogens with zero attached hydrogens (tertiary/aromatic N) is 2. The fraction of sp³-hybridized carbons (Fsp3) is 0.611. The Morgan fingerprint density at radius 2 is 2.24 bits per heavy atom. The van der Waals surface area contributed by atoms with Crippen molar-refractivity contribution >= 4 is 29.9 Å². The highest BCUT2D eigenvalue weighted by atomic mass is 127. The fourth-order valence-electron chi connectivity index (χ4n) is 2.99. The number of nitrogens with one attached hydrogen (secondary N) is 2. The molecule has 2 atom stereocenters. The molecule has 142 valence electrons. The highest BCUT2D eigenvalue weighted by Crippen LogP contribution is 2.10. The molecule has 1 aliphatic heterocycles. The Balaban J connectivity index is 0.00000312. The number of benzene rings is 1. The molecule has 1 heterocycles. The van der Waals surface area contributed by atoms with Gasteiger partial charge < -0.3 is 15.4 Å². The van der Waals surface area contributed by atoms with Crippen LogP contribution in [0.5, 0.6) is 0 Å². The van der Waals surface area contributed by atoms with Crippen molar-refractivity contribution in [3.05, 3.63) is 35.6 Å². The van der Waals surface area contributed by atoms with Crippen molar-refractivity contribution in [2.45, 2.75) is 32.4 Å². The van der Waals surface area contributed by atoms with Crippen LogP contribution in [0.4, 0.5) is 4.39 Å². The maximum Gasteiger partial charge on any atom is 0.191 e. The van der Waals surface area contributed by atoms with E-state index in [0.29, 0.717) is 18.6 Å². The lowest BCUT2D eigenvalue weighted by molar-refractivity contribution is -0.0174. The van der Waals surface area contributed by atoms with Gasteiger partial charge in [0.25, 0.3) is 0 Å². The minimum Gasteiger partial charge on any atom is -0.379 e. The average molecular weight is 464 g/mol. The summed E-state index contributed by atoms with van der Waals surface area (Å²) >= 11 is 0. The molecule has 0 radical (unpaired) electrons. The quantitative estimate of drug-likeness (QED) is 0.386. The topological polar surface area (TPSA) is 48.9 Å². The van der Waals surface area contributed by atoms with Crippen LogP contribution in [-0.4, -0.2) is 62.8 Å². The molecule has 5 nitrogen and oxygen atoms in total. The molecule has 1 aromatic carbocycles. The molecule has 0 aliphatic carbocycles. The maximum absolute atomic E-state index is 13.2. The molecule has 2 unspecified atom stereocenters. The molecule has 0 amide bonds. The van der Waals surface area contributed by atoms with Crippen molar-refractivity contribution in [2.24, 2.45) is 4.99 Å². The van der Waals surface area contributed by atoms with Crippen molar-refractivity contribution in [1.29, 1.82) is 0 Å². The largest absolute Gasteiger partial charge is 0.379 e. The predicted molar refractivity (Wildman–Crippen MR) is 111 cm³/mol. The smallest absolute Gasteiger partial charge is 0.191 e. The zero-order valence-electron chi connectivity index (χ0n) is 15.3. The number of guanidine groups is 1. The van der Waals surface area contributed by atoms with Crippen LogP contribution in [0, 0.1) is 5.82 Å². The predicted octanol–water partition coefficient (Wildman–Crippen LogP) is 2.26. The number of aliphatic imine (C=N–C) groups is 1. The molecule has 2 N–H and O–H groups in total. The first-order valence-electron chi connectivity index (χ1n) is 8.62. The standard InChI is InChI=1S/C18H29FN4O.HI/c1-14(23-9-10-24-13-15(23)2)12-22-18(20-3)21-8-7-16-5-4-6-17(19)11-16;/h4-6,11,14-15H,7-10,12-13H2,1-3H3,(H2,20,21,22);1H. The van der Waals surface area contributed by atoms with E-state index in [9.17, 15) is 4.39 Å². The zero-order chi connectivity index (χ0) is 17.4. The Labute approximate surface area is 167 Å². The summed E-state index contributed by atoms with van der Waals surface area (Å²) in [4.78, 5) is 6.70. The van der Waals surface area contributed by atoms with Gasteiger partial charge in [0.05, 0.1) is 13.2 Å². The van der Waals surface area contributed by atoms with Gasteiger partial charge in [-0.1, -0.05) is 12.1 Å². The van der Waals surface area contributed by atoms with Gasteiger partial charge in [0.2, 0.25) is 0 Å². The second kappa shape index (κ2) is 11.6. The van der Waals surface area contributed by atoms with Crippen LogP contribution in [0.2, 0.25) is 0 Å². The molecule has 0 aromatic heterocycles. The summed E-state index contributed by atoms with van der Waals surface area (Å²) in [5.74, 6) is 0.586. The summed E-state index contributed by atoms with van der Waals surface area (Å²) in [6, 6.07) is 7.56. The summed E-state index contributed by atoms with van der Waals surface area (Å²) < 4.78 is 18.7. The summed E-state index contributed by atoms with van der Waals surface area (Å²) in [5.41, 5.74) is 0.980. The molecule has 25 heavy (non-hydrogen) atoms. The Hall–Kier alpha value is -0.930. The van der Waals surface area contributed by atoms with E-state index in [1.165, 1.54) is 6.07 Å². The third kappa shape index (κ3) is 7.45. The molecule has 1 aromatic rings. The van der Waals surface area contributed by atoms with E-state index in [4.69, 9.17) is 4.74 Å². The highest BCUT2D eigenvalue weighted by Gasteiger charge is 2.23. The molecular weight excluding hydrogens is 434 g/mol. The van der Waals surface area contributed by atoms with Crippen LogP contribution >= 0.6 is 24.0 Å². The third-order valence-electron chi connectivity index (χ3n) is 4.37. The Morgan fingerprint density at radius 3 is 2.92 bits per heavy atom. The second-order valence-corrected chi connectivity index (χ2v) is 6.27. The Kier molecular flexibility index (Phi) is 10.3. The number of morpholine rings is 1. The van der Waals surface area contributed by atoms with Crippen LogP contribution in [-0.2, 0) is 11.2 Å². The molecule has 2 rings (SSSR count). The van der Waals surface area contributed by atoms with Crippen LogP contribution in [0.15, 0.2) is 29.3 Å². The van der Waals surface area contributed by atoms with E-state index in [-0.39, 0.29) is 29.8 Å². The van der Waals surface area contributed by atoms with Crippen LogP contribution in [0.3, 0.4) is 0 Å². The minimum atomic E-state index is -0.191. The first-order chi connectivity index (χ1) is 11.6. The second-order valence-electron chi connectivity index (χ2n) is 6.27. The highest BCUT2D eigenvalue weighted by molar-refractivity contribution is 14.0. The summed E-state index contributed by atoms with van der Waals surface area (Å²) in [7, 11) is 1.76. The van der Waals surface area contributed by atoms with E-state index in [1.807, 2.05) is 6.07 Å². The lowest BCUT2D eigenvalue weighted by atomic mass is 10.1. The van der Waals surface area contributed by atoms with Gasteiger partial charge in [-0.3, -0.25) is 9.89 Å². The van der Waals surface area contributed by atoms with Gasteiger partial charge in [0.15, 0.2) is 5.96 Å². The van der Waals surface area contributed by atoms with E-state index >= 15 is 0 Å². The number of hydrogen-bond acceptors (Lipinski definition) is 3. The van der Waals surface area contributed by atoms with E-state index < -0.39 is 0 Å². The third-order valence-corrected chi connectivity index (χ3v) is 4.37. The van der Waals surface area contributed by atoms with Crippen molar-refractivity contribution in [3.63, 3.8) is 0 Å². The molecule has 0 saturated carbocycles. The molecule has 0 spiro atoms. The van der Waals surface area contributed by atoms with Gasteiger partial charge in [-0.2, -0.15) is 0 Å². The number of hydrogen-bond donors (Lipinski definition) is 2. The van der Waals surface area contributed by atoms with E-state index in [0.717, 1.165) is 44.2 Å². The molecule has 1 aliphatic rings. The Morgan fingerprint density at radius 1 is 1.44 bits per heavy atom. The van der Waals surface area contributed by atoms with Gasteiger partial charge in [-0.15, -0.1) is 24.0 Å². The molecule has 1 saturated heterocycles. The van der Waals surface area contributed by atoms with Crippen LogP contribution in [0.1, 0.15) is 19.4 Å². The van der Waals surface area contributed by atoms with E-state index in [1.54, 1.807) is 19.2 Å². The Bertz CT molecular complexity index is 544. The first-order valence-corrected chi connectivity index (χ1v) is 8.62. The minimum absolute atomic E-state index is 0. The van der Waals surface area contributed by atoms with Gasteiger partial charge in [0.1, 0.15) is 5.82 Å². The number of ether oxygens (including phenoxy) is 1. The van der Waals surface area contributed by atoms with Crippen LogP contribution in [0.25, 0.3) is 0 Å². The van der Waals surface area contributed by atoms with Gasteiger partial charge in [-0.25, -0.2) is 4.39 Å². The van der Waals surface area contributed by atoms with Crippen molar-refractivity contribution in [2.75, 3.05) is 39.9 Å². The molecule has 7 heteroatoms. The SMILES string of the molecule is CN=C(NCCc1cccc(F)c1)NCC(C)N1CCOCC1C.I. The monoisotopic (exact) mass is 464 g/mol. The normalized spacial score (nSPS) is 19.8. The van der Waals surface area contributed by atoms with Gasteiger partial charge in [0, 0.05) is 38.8 Å². The summed E-state index contributed by atoms with van der Waals surface area (Å²) in [6.07, 6.45) is 0.758. The molecular formula is C18H30FIN4O. The average Bonchev–Trinajstić information content (AvgIpc) is 2.58. The lowest BCUT2D eigenvalue weighted by Crippen LogP contribution is -2.53. The van der Waals surface area contributed by atoms with E-state index in [2.05, 4.69) is 34.4 Å². The first kappa shape index (κ1) is 22.1. The van der Waals surface area contributed by atoms with Gasteiger partial charge >= 0.3 is 0 Å². The van der Waals surface area contributed by atoms with Crippen molar-refractivity contribution in [1.82, 2.24) is 15.5 Å². The van der Waals surface area contributed by atoms with Crippen molar-refractivity contribution < 1.29 is 9.13 Å². The fourth-order valence-corrected chi connectivity index (χ4v) is 2.99.